The SMILES string of the molecule is NC(=O)CONC(=O)c1cnns1. The molecule has 0 bridgehead atoms. The van der Waals surface area contributed by atoms with Crippen molar-refractivity contribution < 1.29 is 14.4 Å². The molecular weight excluding hydrogens is 196 g/mol. The molecule has 0 atom stereocenters. The third-order valence-corrected chi connectivity index (χ3v) is 1.63. The summed E-state index contributed by atoms with van der Waals surface area (Å²) in [7, 11) is 0. The van der Waals surface area contributed by atoms with Gasteiger partial charge in [-0.1, -0.05) is 4.49 Å². The lowest BCUT2D eigenvalue weighted by Crippen LogP contribution is -2.28. The molecule has 0 aliphatic carbocycles. The van der Waals surface area contributed by atoms with Crippen LogP contribution in [0.2, 0.25) is 0 Å². The van der Waals surface area contributed by atoms with E-state index in [0.29, 0.717) is 4.88 Å². The molecule has 1 aromatic rings. The molecule has 0 radical (unpaired) electrons. The zero-order valence-corrected chi connectivity index (χ0v) is 7.21. The first-order chi connectivity index (χ1) is 6.20. The highest BCUT2D eigenvalue weighted by atomic mass is 32.1. The Morgan fingerprint density at radius 2 is 2.46 bits per heavy atom. The fourth-order valence-electron chi connectivity index (χ4n) is 0.490. The number of nitrogens with zero attached hydrogens (tertiary/aromatic N) is 2. The second-order valence-corrected chi connectivity index (χ2v) is 2.75. The lowest BCUT2D eigenvalue weighted by Gasteiger charge is -2.00. The van der Waals surface area contributed by atoms with E-state index in [2.05, 4.69) is 14.4 Å². The van der Waals surface area contributed by atoms with Gasteiger partial charge in [-0.05, 0) is 11.5 Å². The van der Waals surface area contributed by atoms with Crippen LogP contribution in [0.3, 0.4) is 0 Å². The van der Waals surface area contributed by atoms with E-state index in [1.165, 1.54) is 6.20 Å². The first-order valence-corrected chi connectivity index (χ1v) is 3.95. The van der Waals surface area contributed by atoms with Crippen LogP contribution >= 0.6 is 11.5 Å². The molecule has 0 saturated carbocycles. The fraction of sp³-hybridized carbons (Fsp3) is 0.200. The molecule has 8 heteroatoms. The quantitative estimate of drug-likeness (QED) is 0.589. The minimum absolute atomic E-state index is 0.296. The van der Waals surface area contributed by atoms with E-state index in [1.54, 1.807) is 0 Å². The Bertz CT molecular complexity index is 299. The van der Waals surface area contributed by atoms with Crippen LogP contribution in [-0.4, -0.2) is 28.0 Å². The Kier molecular flexibility index (Phi) is 3.29. The number of amides is 2. The van der Waals surface area contributed by atoms with Crippen molar-refractivity contribution in [2.75, 3.05) is 6.61 Å². The monoisotopic (exact) mass is 202 g/mol. The van der Waals surface area contributed by atoms with Crippen molar-refractivity contribution in [2.24, 2.45) is 5.73 Å². The number of hydrogen-bond donors (Lipinski definition) is 2. The number of hydroxylamine groups is 1. The highest BCUT2D eigenvalue weighted by molar-refractivity contribution is 7.07. The van der Waals surface area contributed by atoms with Crippen molar-refractivity contribution in [3.63, 3.8) is 0 Å². The molecule has 0 unspecified atom stereocenters. The number of carbonyl (C=O) groups excluding carboxylic acids is 2. The van der Waals surface area contributed by atoms with Gasteiger partial charge in [-0.3, -0.25) is 14.4 Å². The van der Waals surface area contributed by atoms with Crippen molar-refractivity contribution in [2.45, 2.75) is 0 Å². The van der Waals surface area contributed by atoms with Crippen LogP contribution in [0.4, 0.5) is 0 Å². The van der Waals surface area contributed by atoms with Crippen molar-refractivity contribution >= 4 is 23.3 Å². The van der Waals surface area contributed by atoms with Crippen LogP contribution in [0.25, 0.3) is 0 Å². The highest BCUT2D eigenvalue weighted by Gasteiger charge is 2.07. The lowest BCUT2D eigenvalue weighted by molar-refractivity contribution is -0.124. The van der Waals surface area contributed by atoms with Gasteiger partial charge in [0.2, 0.25) is 5.91 Å². The van der Waals surface area contributed by atoms with Crippen LogP contribution < -0.4 is 11.2 Å². The molecule has 0 saturated heterocycles. The number of primary amides is 1. The topological polar surface area (TPSA) is 107 Å². The molecule has 1 rings (SSSR count). The van der Waals surface area contributed by atoms with Gasteiger partial charge in [-0.2, -0.15) is 0 Å². The summed E-state index contributed by atoms with van der Waals surface area (Å²) >= 11 is 0.921. The minimum Gasteiger partial charge on any atom is -0.368 e. The number of carbonyl (C=O) groups is 2. The fourth-order valence-corrected chi connectivity index (χ4v) is 0.891. The van der Waals surface area contributed by atoms with Crippen LogP contribution in [0.1, 0.15) is 9.67 Å². The molecule has 0 spiro atoms. The third kappa shape index (κ3) is 3.13. The van der Waals surface area contributed by atoms with Crippen molar-refractivity contribution in [3.05, 3.63) is 11.1 Å². The van der Waals surface area contributed by atoms with E-state index >= 15 is 0 Å². The Hall–Kier alpha value is -1.54. The van der Waals surface area contributed by atoms with Gasteiger partial charge in [-0.25, -0.2) is 5.48 Å². The normalized spacial score (nSPS) is 9.54. The lowest BCUT2D eigenvalue weighted by atomic mass is 10.5. The van der Waals surface area contributed by atoms with Gasteiger partial charge in [0, 0.05) is 0 Å². The van der Waals surface area contributed by atoms with Crippen LogP contribution in [0, 0.1) is 0 Å². The molecule has 1 heterocycles. The summed E-state index contributed by atoms with van der Waals surface area (Å²) in [5.41, 5.74) is 6.77. The average molecular weight is 202 g/mol. The van der Waals surface area contributed by atoms with Gasteiger partial charge < -0.3 is 5.73 Å². The summed E-state index contributed by atoms with van der Waals surface area (Å²) in [6, 6.07) is 0. The van der Waals surface area contributed by atoms with Crippen LogP contribution in [0.15, 0.2) is 6.20 Å². The average Bonchev–Trinajstić information content (AvgIpc) is 2.55. The van der Waals surface area contributed by atoms with Crippen molar-refractivity contribution in [3.8, 4) is 0 Å². The molecule has 70 valence electrons. The minimum atomic E-state index is -0.664. The van der Waals surface area contributed by atoms with E-state index in [4.69, 9.17) is 5.73 Å². The highest BCUT2D eigenvalue weighted by Crippen LogP contribution is 2.00. The molecular formula is C5H6N4O3S. The number of aromatic nitrogens is 2. The summed E-state index contributed by atoms with van der Waals surface area (Å²) < 4.78 is 3.47. The second-order valence-electron chi connectivity index (χ2n) is 1.97. The molecule has 3 N–H and O–H groups in total. The molecule has 0 aliphatic heterocycles. The van der Waals surface area contributed by atoms with Gasteiger partial charge in [0.05, 0.1) is 6.20 Å². The number of nitrogens with two attached hydrogens (primary N) is 1. The smallest absolute Gasteiger partial charge is 0.288 e. The molecule has 1 aromatic heterocycles. The maximum Gasteiger partial charge on any atom is 0.288 e. The van der Waals surface area contributed by atoms with E-state index in [0.717, 1.165) is 11.5 Å². The molecule has 0 aromatic carbocycles. The first-order valence-electron chi connectivity index (χ1n) is 3.18. The van der Waals surface area contributed by atoms with Gasteiger partial charge in [0.15, 0.2) is 6.61 Å². The number of hydrogen-bond acceptors (Lipinski definition) is 6. The number of nitrogens with one attached hydrogen (secondary N) is 1. The van der Waals surface area contributed by atoms with Gasteiger partial charge in [0.25, 0.3) is 5.91 Å². The summed E-state index contributed by atoms with van der Waals surface area (Å²) in [6.45, 7) is -0.363. The molecule has 7 nitrogen and oxygen atoms in total. The third-order valence-electron chi connectivity index (χ3n) is 0.964. The zero-order valence-electron chi connectivity index (χ0n) is 6.39. The standard InChI is InChI=1S/C5H6N4O3S/c6-4(10)2-12-8-5(11)3-1-7-9-13-3/h1H,2H2,(H2,6,10)(H,8,11). The van der Waals surface area contributed by atoms with Crippen LogP contribution in [0.5, 0.6) is 0 Å². The summed E-state index contributed by atoms with van der Waals surface area (Å²) in [6.07, 6.45) is 1.29. The largest absolute Gasteiger partial charge is 0.368 e. The summed E-state index contributed by atoms with van der Waals surface area (Å²) in [4.78, 5) is 26.0. The van der Waals surface area contributed by atoms with E-state index in [9.17, 15) is 9.59 Å². The first kappa shape index (κ1) is 9.55. The Morgan fingerprint density at radius 3 is 3.00 bits per heavy atom. The number of rotatable bonds is 4. The zero-order chi connectivity index (χ0) is 9.68. The van der Waals surface area contributed by atoms with Crippen LogP contribution in [-0.2, 0) is 9.63 Å². The molecule has 2 amide bonds. The Morgan fingerprint density at radius 1 is 1.69 bits per heavy atom. The maximum atomic E-state index is 11.0. The maximum absolute atomic E-state index is 11.0. The summed E-state index contributed by atoms with van der Waals surface area (Å²) in [5, 5.41) is 3.45. The van der Waals surface area contributed by atoms with Gasteiger partial charge in [0.1, 0.15) is 4.88 Å². The Labute approximate surface area is 77.0 Å². The summed E-state index contributed by atoms with van der Waals surface area (Å²) in [5.74, 6) is -1.17. The molecule has 13 heavy (non-hydrogen) atoms. The van der Waals surface area contributed by atoms with Crippen molar-refractivity contribution in [1.29, 1.82) is 0 Å². The van der Waals surface area contributed by atoms with E-state index < -0.39 is 11.8 Å². The second kappa shape index (κ2) is 4.48. The predicted molar refractivity (Wildman–Crippen MR) is 42.5 cm³/mol. The Balaban J connectivity index is 2.31. The van der Waals surface area contributed by atoms with Gasteiger partial charge in [-0.15, -0.1) is 5.10 Å². The predicted octanol–water partition coefficient (Wildman–Crippen LogP) is -1.32. The molecule has 0 fully saturated rings. The van der Waals surface area contributed by atoms with E-state index in [1.807, 2.05) is 5.48 Å². The van der Waals surface area contributed by atoms with E-state index in [-0.39, 0.29) is 6.61 Å². The molecule has 0 aliphatic rings. The van der Waals surface area contributed by atoms with Crippen molar-refractivity contribution in [1.82, 2.24) is 15.1 Å². The van der Waals surface area contributed by atoms with Gasteiger partial charge >= 0.3 is 0 Å².